The van der Waals surface area contributed by atoms with Crippen molar-refractivity contribution in [2.75, 3.05) is 26.5 Å². The molecule has 1 aliphatic heterocycles. The first-order valence-corrected chi connectivity index (χ1v) is 7.44. The highest BCUT2D eigenvalue weighted by Crippen LogP contribution is 2.23. The Morgan fingerprint density at radius 2 is 2.00 bits per heavy atom. The molecule has 0 atom stereocenters. The van der Waals surface area contributed by atoms with Crippen LogP contribution in [0.2, 0.25) is 0 Å². The van der Waals surface area contributed by atoms with Gasteiger partial charge >= 0.3 is 0 Å². The average molecular weight is 265 g/mol. The summed E-state index contributed by atoms with van der Waals surface area (Å²) in [6.07, 6.45) is 3.87. The fraction of sp³-hybridized carbons (Fsp3) is 0.500. The molecule has 0 unspecified atom stereocenters. The van der Waals surface area contributed by atoms with E-state index in [1.807, 2.05) is 42.5 Å². The van der Waals surface area contributed by atoms with Crippen LogP contribution in [0.3, 0.4) is 0 Å². The monoisotopic (exact) mass is 265 g/mol. The van der Waals surface area contributed by atoms with Gasteiger partial charge in [-0.15, -0.1) is 11.8 Å². The summed E-state index contributed by atoms with van der Waals surface area (Å²) in [5.41, 5.74) is 0.805. The summed E-state index contributed by atoms with van der Waals surface area (Å²) >= 11 is 1.62. The Balaban J connectivity index is 2.14. The smallest absolute Gasteiger partial charge is 0.254 e. The molecular formula is C14H19NO2S. The van der Waals surface area contributed by atoms with E-state index in [0.29, 0.717) is 6.04 Å². The van der Waals surface area contributed by atoms with Gasteiger partial charge in [0.15, 0.2) is 0 Å². The van der Waals surface area contributed by atoms with Crippen LogP contribution in [0.25, 0.3) is 0 Å². The standard InChI is InChI=1S/C14H19NO2S/c1-15(11-7-9-17-10-8-11)14(16)12-5-3-4-6-13(12)18-2/h3-6,11H,7-10H2,1-2H3. The van der Waals surface area contributed by atoms with Gasteiger partial charge in [-0.25, -0.2) is 0 Å². The lowest BCUT2D eigenvalue weighted by Gasteiger charge is -2.31. The number of rotatable bonds is 3. The van der Waals surface area contributed by atoms with Crippen LogP contribution in [0.1, 0.15) is 23.2 Å². The van der Waals surface area contributed by atoms with Crippen LogP contribution in [0.4, 0.5) is 0 Å². The SMILES string of the molecule is CSc1ccccc1C(=O)N(C)C1CCOCC1. The second-order valence-corrected chi connectivity index (χ2v) is 5.31. The zero-order valence-electron chi connectivity index (χ0n) is 10.9. The Morgan fingerprint density at radius 3 is 2.67 bits per heavy atom. The third-order valence-corrected chi connectivity index (χ3v) is 4.19. The van der Waals surface area contributed by atoms with Crippen molar-refractivity contribution < 1.29 is 9.53 Å². The maximum atomic E-state index is 12.5. The highest BCUT2D eigenvalue weighted by molar-refractivity contribution is 7.98. The van der Waals surface area contributed by atoms with Gasteiger partial charge in [-0.1, -0.05) is 12.1 Å². The lowest BCUT2D eigenvalue weighted by atomic mass is 10.1. The number of hydrogen-bond acceptors (Lipinski definition) is 3. The molecule has 0 aromatic heterocycles. The van der Waals surface area contributed by atoms with E-state index in [-0.39, 0.29) is 5.91 Å². The lowest BCUT2D eigenvalue weighted by molar-refractivity contribution is 0.0360. The molecule has 0 aliphatic carbocycles. The van der Waals surface area contributed by atoms with E-state index < -0.39 is 0 Å². The second kappa shape index (κ2) is 6.25. The summed E-state index contributed by atoms with van der Waals surface area (Å²) in [6.45, 7) is 1.51. The Labute approximate surface area is 113 Å². The van der Waals surface area contributed by atoms with E-state index in [1.165, 1.54) is 0 Å². The quantitative estimate of drug-likeness (QED) is 0.787. The van der Waals surface area contributed by atoms with Crippen molar-refractivity contribution in [3.05, 3.63) is 29.8 Å². The highest BCUT2D eigenvalue weighted by Gasteiger charge is 2.24. The molecule has 1 heterocycles. The van der Waals surface area contributed by atoms with Crippen LogP contribution in [-0.2, 0) is 4.74 Å². The molecule has 18 heavy (non-hydrogen) atoms. The predicted octanol–water partition coefficient (Wildman–Crippen LogP) is 2.66. The van der Waals surface area contributed by atoms with Gasteiger partial charge < -0.3 is 9.64 Å². The first-order chi connectivity index (χ1) is 8.74. The van der Waals surface area contributed by atoms with Crippen molar-refractivity contribution in [3.63, 3.8) is 0 Å². The molecule has 3 nitrogen and oxygen atoms in total. The molecule has 0 saturated carbocycles. The van der Waals surface area contributed by atoms with E-state index in [0.717, 1.165) is 36.5 Å². The van der Waals surface area contributed by atoms with Crippen molar-refractivity contribution in [1.29, 1.82) is 0 Å². The van der Waals surface area contributed by atoms with Gasteiger partial charge in [0.1, 0.15) is 0 Å². The van der Waals surface area contributed by atoms with Gasteiger partial charge in [0.05, 0.1) is 5.56 Å². The summed E-state index contributed by atoms with van der Waals surface area (Å²) in [5.74, 6) is 0.117. The zero-order valence-corrected chi connectivity index (χ0v) is 11.7. The Hall–Kier alpha value is -1.00. The molecule has 1 amide bonds. The third kappa shape index (κ3) is 2.87. The minimum Gasteiger partial charge on any atom is -0.381 e. The predicted molar refractivity (Wildman–Crippen MR) is 74.2 cm³/mol. The van der Waals surface area contributed by atoms with Crippen molar-refractivity contribution in [2.24, 2.45) is 0 Å². The van der Waals surface area contributed by atoms with Crippen molar-refractivity contribution in [3.8, 4) is 0 Å². The normalized spacial score (nSPS) is 16.6. The zero-order chi connectivity index (χ0) is 13.0. The van der Waals surface area contributed by atoms with Gasteiger partial charge in [-0.05, 0) is 31.2 Å². The molecule has 2 rings (SSSR count). The van der Waals surface area contributed by atoms with Crippen molar-refractivity contribution in [1.82, 2.24) is 4.90 Å². The Morgan fingerprint density at radius 1 is 1.33 bits per heavy atom. The molecule has 0 radical (unpaired) electrons. The van der Waals surface area contributed by atoms with Gasteiger partial charge in [-0.3, -0.25) is 4.79 Å². The Bertz CT molecular complexity index is 416. The molecule has 1 aromatic carbocycles. The molecule has 1 fully saturated rings. The lowest BCUT2D eigenvalue weighted by Crippen LogP contribution is -2.40. The van der Waals surface area contributed by atoms with Gasteiger partial charge in [0.25, 0.3) is 5.91 Å². The summed E-state index contributed by atoms with van der Waals surface area (Å²) in [6, 6.07) is 8.10. The number of thioether (sulfide) groups is 1. The van der Waals surface area contributed by atoms with Crippen LogP contribution in [0.15, 0.2) is 29.2 Å². The van der Waals surface area contributed by atoms with Gasteiger partial charge in [-0.2, -0.15) is 0 Å². The fourth-order valence-electron chi connectivity index (χ4n) is 2.25. The van der Waals surface area contributed by atoms with E-state index in [2.05, 4.69) is 0 Å². The van der Waals surface area contributed by atoms with Crippen LogP contribution in [0, 0.1) is 0 Å². The number of hydrogen-bond donors (Lipinski definition) is 0. The minimum absolute atomic E-state index is 0.117. The maximum Gasteiger partial charge on any atom is 0.254 e. The highest BCUT2D eigenvalue weighted by atomic mass is 32.2. The topological polar surface area (TPSA) is 29.5 Å². The summed E-state index contributed by atoms with van der Waals surface area (Å²) < 4.78 is 5.34. The molecule has 1 saturated heterocycles. The van der Waals surface area contributed by atoms with E-state index >= 15 is 0 Å². The number of carbonyl (C=O) groups is 1. The summed E-state index contributed by atoms with van der Waals surface area (Å²) in [5, 5.41) is 0. The maximum absolute atomic E-state index is 12.5. The molecule has 0 spiro atoms. The first-order valence-electron chi connectivity index (χ1n) is 6.22. The minimum atomic E-state index is 0.117. The van der Waals surface area contributed by atoms with Crippen LogP contribution < -0.4 is 0 Å². The number of carbonyl (C=O) groups excluding carboxylic acids is 1. The largest absolute Gasteiger partial charge is 0.381 e. The first kappa shape index (κ1) is 13.4. The molecule has 0 N–H and O–H groups in total. The number of nitrogens with zero attached hydrogens (tertiary/aromatic N) is 1. The van der Waals surface area contributed by atoms with E-state index in [4.69, 9.17) is 4.74 Å². The molecule has 98 valence electrons. The third-order valence-electron chi connectivity index (χ3n) is 3.40. The summed E-state index contributed by atoms with van der Waals surface area (Å²) in [7, 11) is 1.90. The van der Waals surface area contributed by atoms with Gasteiger partial charge in [0, 0.05) is 31.2 Å². The fourth-order valence-corrected chi connectivity index (χ4v) is 2.84. The van der Waals surface area contributed by atoms with Crippen LogP contribution >= 0.6 is 11.8 Å². The van der Waals surface area contributed by atoms with E-state index in [9.17, 15) is 4.79 Å². The van der Waals surface area contributed by atoms with E-state index in [1.54, 1.807) is 11.8 Å². The Kier molecular flexibility index (Phi) is 4.66. The van der Waals surface area contributed by atoms with Crippen LogP contribution in [-0.4, -0.2) is 43.4 Å². The van der Waals surface area contributed by atoms with Gasteiger partial charge in [0.2, 0.25) is 0 Å². The van der Waals surface area contributed by atoms with Crippen LogP contribution in [0.5, 0.6) is 0 Å². The second-order valence-electron chi connectivity index (χ2n) is 4.46. The molecule has 0 bridgehead atoms. The number of benzene rings is 1. The van der Waals surface area contributed by atoms with Crippen molar-refractivity contribution in [2.45, 2.75) is 23.8 Å². The number of amides is 1. The summed E-state index contributed by atoms with van der Waals surface area (Å²) in [4.78, 5) is 15.4. The van der Waals surface area contributed by atoms with Crippen molar-refractivity contribution >= 4 is 17.7 Å². The average Bonchev–Trinajstić information content (AvgIpc) is 2.46. The molecule has 1 aromatic rings. The number of ether oxygens (including phenoxy) is 1. The molecule has 1 aliphatic rings. The molecule has 4 heteroatoms. The molecular weight excluding hydrogens is 246 g/mol.